The molecular weight excluding hydrogens is 124 g/mol. The van der Waals surface area contributed by atoms with Crippen LogP contribution < -0.4 is 5.73 Å². The van der Waals surface area contributed by atoms with Crippen LogP contribution in [0.15, 0.2) is 4.99 Å². The summed E-state index contributed by atoms with van der Waals surface area (Å²) in [5.74, 6) is 0.756. The Balaban J connectivity index is 2.40. The molecular formula is C8H16N2. The second kappa shape index (κ2) is 3.15. The molecule has 0 aromatic rings. The fraction of sp³-hybridized carbons (Fsp3) is 0.875. The first-order chi connectivity index (χ1) is 4.79. The molecule has 2 nitrogen and oxygen atoms in total. The molecule has 0 aliphatic heterocycles. The van der Waals surface area contributed by atoms with Gasteiger partial charge >= 0.3 is 0 Å². The van der Waals surface area contributed by atoms with Crippen molar-refractivity contribution < 1.29 is 0 Å². The van der Waals surface area contributed by atoms with Crippen molar-refractivity contribution in [2.24, 2.45) is 16.6 Å². The van der Waals surface area contributed by atoms with E-state index in [0.29, 0.717) is 12.1 Å². The Kier molecular flexibility index (Phi) is 2.44. The van der Waals surface area contributed by atoms with E-state index in [4.69, 9.17) is 5.73 Å². The van der Waals surface area contributed by atoms with Crippen molar-refractivity contribution in [3.05, 3.63) is 0 Å². The van der Waals surface area contributed by atoms with E-state index in [1.165, 1.54) is 12.8 Å². The zero-order chi connectivity index (χ0) is 7.56. The van der Waals surface area contributed by atoms with Crippen LogP contribution >= 0.6 is 0 Å². The fourth-order valence-electron chi connectivity index (χ4n) is 1.59. The van der Waals surface area contributed by atoms with Gasteiger partial charge in [-0.1, -0.05) is 13.3 Å². The summed E-state index contributed by atoms with van der Waals surface area (Å²) in [7, 11) is 0. The zero-order valence-electron chi connectivity index (χ0n) is 6.75. The first-order valence-corrected chi connectivity index (χ1v) is 4.03. The minimum absolute atomic E-state index is 0.334. The van der Waals surface area contributed by atoms with Gasteiger partial charge in [0.1, 0.15) is 0 Å². The smallest absolute Gasteiger partial charge is 0.0675 e. The minimum atomic E-state index is 0.334. The molecule has 1 rings (SSSR count). The molecule has 1 aliphatic rings. The summed E-state index contributed by atoms with van der Waals surface area (Å²) in [5, 5.41) is 0. The number of rotatable bonds is 2. The lowest BCUT2D eigenvalue weighted by Gasteiger charge is -2.39. The van der Waals surface area contributed by atoms with Gasteiger partial charge in [-0.25, -0.2) is 0 Å². The summed E-state index contributed by atoms with van der Waals surface area (Å²) < 4.78 is 0. The van der Waals surface area contributed by atoms with Crippen molar-refractivity contribution in [3.63, 3.8) is 0 Å². The molecule has 58 valence electrons. The lowest BCUT2D eigenvalue weighted by atomic mass is 9.74. The molecule has 0 amide bonds. The predicted octanol–water partition coefficient (Wildman–Crippen LogP) is 1.20. The minimum Gasteiger partial charge on any atom is -0.326 e. The van der Waals surface area contributed by atoms with Crippen LogP contribution in [-0.4, -0.2) is 18.3 Å². The van der Waals surface area contributed by atoms with Crippen molar-refractivity contribution in [1.82, 2.24) is 0 Å². The van der Waals surface area contributed by atoms with Crippen LogP contribution in [0, 0.1) is 5.92 Å². The van der Waals surface area contributed by atoms with Crippen LogP contribution in [0.5, 0.6) is 0 Å². The van der Waals surface area contributed by atoms with E-state index in [-0.39, 0.29) is 0 Å². The van der Waals surface area contributed by atoms with Crippen LogP contribution in [0.25, 0.3) is 0 Å². The molecule has 1 fully saturated rings. The Morgan fingerprint density at radius 3 is 2.80 bits per heavy atom. The van der Waals surface area contributed by atoms with Gasteiger partial charge in [0.2, 0.25) is 0 Å². The Morgan fingerprint density at radius 1 is 1.70 bits per heavy atom. The second-order valence-corrected chi connectivity index (χ2v) is 2.97. The van der Waals surface area contributed by atoms with E-state index in [1.54, 1.807) is 0 Å². The van der Waals surface area contributed by atoms with Gasteiger partial charge in [0, 0.05) is 6.04 Å². The standard InChI is InChI=1S/C8H16N2/c1-3-6-5-7(9)8(6)10-4-2/h4,6-8H,3,5,9H2,1-2H3. The third-order valence-corrected chi connectivity index (χ3v) is 2.34. The molecule has 0 aromatic heterocycles. The Labute approximate surface area is 62.5 Å². The molecule has 1 saturated carbocycles. The number of hydrogen-bond acceptors (Lipinski definition) is 2. The summed E-state index contributed by atoms with van der Waals surface area (Å²) in [5.41, 5.74) is 5.76. The molecule has 3 unspecified atom stereocenters. The summed E-state index contributed by atoms with van der Waals surface area (Å²) in [6.45, 7) is 4.16. The lowest BCUT2D eigenvalue weighted by molar-refractivity contribution is 0.208. The maximum Gasteiger partial charge on any atom is 0.0675 e. The van der Waals surface area contributed by atoms with Crippen molar-refractivity contribution in [2.75, 3.05) is 0 Å². The van der Waals surface area contributed by atoms with Crippen molar-refractivity contribution in [2.45, 2.75) is 38.8 Å². The monoisotopic (exact) mass is 140 g/mol. The van der Waals surface area contributed by atoms with E-state index in [1.807, 2.05) is 13.1 Å². The molecule has 0 radical (unpaired) electrons. The topological polar surface area (TPSA) is 38.4 Å². The maximum absolute atomic E-state index is 5.76. The number of hydrogen-bond donors (Lipinski definition) is 1. The number of aliphatic imine (C=N–C) groups is 1. The SMILES string of the molecule is CC=NC1C(N)CC1CC. The average molecular weight is 140 g/mol. The van der Waals surface area contributed by atoms with E-state index < -0.39 is 0 Å². The maximum atomic E-state index is 5.76. The van der Waals surface area contributed by atoms with E-state index in [2.05, 4.69) is 11.9 Å². The molecule has 0 heterocycles. The number of nitrogens with zero attached hydrogens (tertiary/aromatic N) is 1. The third kappa shape index (κ3) is 1.21. The largest absolute Gasteiger partial charge is 0.326 e. The van der Waals surface area contributed by atoms with Gasteiger partial charge in [0.05, 0.1) is 6.04 Å². The highest BCUT2D eigenvalue weighted by Gasteiger charge is 2.36. The highest BCUT2D eigenvalue weighted by atomic mass is 14.9. The van der Waals surface area contributed by atoms with E-state index >= 15 is 0 Å². The second-order valence-electron chi connectivity index (χ2n) is 2.97. The Hall–Kier alpha value is -0.370. The van der Waals surface area contributed by atoms with Gasteiger partial charge in [-0.3, -0.25) is 4.99 Å². The normalized spacial score (nSPS) is 40.1. The predicted molar refractivity (Wildman–Crippen MR) is 44.3 cm³/mol. The highest BCUT2D eigenvalue weighted by molar-refractivity contribution is 5.53. The molecule has 0 bridgehead atoms. The zero-order valence-corrected chi connectivity index (χ0v) is 6.75. The van der Waals surface area contributed by atoms with Gasteiger partial charge in [-0.05, 0) is 25.5 Å². The van der Waals surface area contributed by atoms with Crippen LogP contribution in [0.3, 0.4) is 0 Å². The van der Waals surface area contributed by atoms with E-state index in [9.17, 15) is 0 Å². The van der Waals surface area contributed by atoms with Gasteiger partial charge < -0.3 is 5.73 Å². The van der Waals surface area contributed by atoms with E-state index in [0.717, 1.165) is 5.92 Å². The summed E-state index contributed by atoms with van der Waals surface area (Å²) in [6.07, 6.45) is 4.25. The molecule has 0 spiro atoms. The quantitative estimate of drug-likeness (QED) is 0.575. The van der Waals surface area contributed by atoms with Crippen molar-refractivity contribution >= 4 is 6.21 Å². The van der Waals surface area contributed by atoms with Gasteiger partial charge in [0.15, 0.2) is 0 Å². The summed E-state index contributed by atoms with van der Waals surface area (Å²) in [4.78, 5) is 4.31. The third-order valence-electron chi connectivity index (χ3n) is 2.34. The number of nitrogens with two attached hydrogens (primary N) is 1. The molecule has 0 aromatic carbocycles. The molecule has 3 atom stereocenters. The van der Waals surface area contributed by atoms with Crippen LogP contribution in [0.2, 0.25) is 0 Å². The molecule has 0 saturated heterocycles. The first-order valence-electron chi connectivity index (χ1n) is 4.03. The van der Waals surface area contributed by atoms with Crippen LogP contribution in [0.4, 0.5) is 0 Å². The van der Waals surface area contributed by atoms with Crippen molar-refractivity contribution in [1.29, 1.82) is 0 Å². The lowest BCUT2D eigenvalue weighted by Crippen LogP contribution is -2.50. The van der Waals surface area contributed by atoms with Gasteiger partial charge in [0.25, 0.3) is 0 Å². The average Bonchev–Trinajstić information content (AvgIpc) is 1.95. The summed E-state index contributed by atoms with van der Waals surface area (Å²) >= 11 is 0. The Morgan fingerprint density at radius 2 is 2.40 bits per heavy atom. The van der Waals surface area contributed by atoms with Gasteiger partial charge in [-0.15, -0.1) is 0 Å². The molecule has 2 heteroatoms. The molecule has 10 heavy (non-hydrogen) atoms. The van der Waals surface area contributed by atoms with Crippen LogP contribution in [0.1, 0.15) is 26.7 Å². The molecule has 2 N–H and O–H groups in total. The molecule has 1 aliphatic carbocycles. The fourth-order valence-corrected chi connectivity index (χ4v) is 1.59. The van der Waals surface area contributed by atoms with Crippen molar-refractivity contribution in [3.8, 4) is 0 Å². The van der Waals surface area contributed by atoms with Crippen LogP contribution in [-0.2, 0) is 0 Å². The summed E-state index contributed by atoms with van der Waals surface area (Å²) in [6, 6.07) is 0.760. The highest BCUT2D eigenvalue weighted by Crippen LogP contribution is 2.31. The Bertz CT molecular complexity index is 131. The first kappa shape index (κ1) is 7.73. The van der Waals surface area contributed by atoms with Gasteiger partial charge in [-0.2, -0.15) is 0 Å².